The average molecular weight is 425 g/mol. The molecule has 2 N–H and O–H groups in total. The normalized spacial score (nSPS) is 20.7. The zero-order chi connectivity index (χ0) is 20.9. The van der Waals surface area contributed by atoms with E-state index in [1.165, 1.54) is 0 Å². The molecule has 2 atom stereocenters. The summed E-state index contributed by atoms with van der Waals surface area (Å²) in [4.78, 5) is 34.2. The highest BCUT2D eigenvalue weighted by atomic mass is 31.1. The van der Waals surface area contributed by atoms with Crippen LogP contribution in [0.15, 0.2) is 48.3 Å². The Hall–Kier alpha value is -2.83. The van der Waals surface area contributed by atoms with E-state index in [2.05, 4.69) is 32.5 Å². The number of piperidine rings is 1. The van der Waals surface area contributed by atoms with Gasteiger partial charge in [-0.15, -0.1) is 0 Å². The van der Waals surface area contributed by atoms with Gasteiger partial charge in [-0.25, -0.2) is 4.98 Å². The summed E-state index contributed by atoms with van der Waals surface area (Å²) >= 11 is 0. The van der Waals surface area contributed by atoms with E-state index in [0.717, 1.165) is 31.3 Å². The molecule has 156 valence electrons. The number of fused-ring (bicyclic) bond motifs is 1. The Morgan fingerprint density at radius 1 is 1.33 bits per heavy atom. The van der Waals surface area contributed by atoms with Crippen LogP contribution in [0.4, 0.5) is 0 Å². The monoisotopic (exact) mass is 425 g/mol. The molecule has 2 amide bonds. The molecule has 2 aliphatic rings. The van der Waals surface area contributed by atoms with Gasteiger partial charge in [0.2, 0.25) is 6.41 Å². The van der Waals surface area contributed by atoms with Crippen molar-refractivity contribution in [2.75, 3.05) is 20.1 Å². The number of allylic oxidation sites excluding steroid dienone is 1. The molecule has 0 saturated carbocycles. The Balaban J connectivity index is 1.50. The number of carbonyl (C=O) groups excluding carboxylic acids is 2. The number of hydrogen-bond donors (Lipinski definition) is 2. The summed E-state index contributed by atoms with van der Waals surface area (Å²) < 4.78 is 6.05. The third-order valence-corrected chi connectivity index (χ3v) is 6.38. The fourth-order valence-electron chi connectivity index (χ4n) is 3.48. The number of amides is 2. The Bertz CT molecular complexity index is 1000. The van der Waals surface area contributed by atoms with Crippen LogP contribution < -0.4 is 15.4 Å². The molecule has 2 aliphatic heterocycles. The lowest BCUT2D eigenvalue weighted by atomic mass is 10.1. The Labute approximate surface area is 176 Å². The Morgan fingerprint density at radius 2 is 2.17 bits per heavy atom. The number of likely N-dealkylation sites (tertiary alicyclic amines) is 1. The minimum absolute atomic E-state index is 0.00288. The smallest absolute Gasteiger partial charge is 0.270 e. The van der Waals surface area contributed by atoms with Crippen molar-refractivity contribution in [1.82, 2.24) is 25.5 Å². The lowest BCUT2D eigenvalue weighted by Crippen LogP contribution is -2.43. The molecule has 1 fully saturated rings. The second-order valence-electron chi connectivity index (χ2n) is 7.38. The van der Waals surface area contributed by atoms with Crippen molar-refractivity contribution in [3.63, 3.8) is 0 Å². The van der Waals surface area contributed by atoms with Gasteiger partial charge in [-0.05, 0) is 57.0 Å². The average Bonchev–Trinajstić information content (AvgIpc) is 2.77. The molecule has 1 saturated heterocycles. The Kier molecular flexibility index (Phi) is 6.35. The second-order valence-corrected chi connectivity index (χ2v) is 8.63. The first-order valence-electron chi connectivity index (χ1n) is 9.88. The number of ether oxygens (including phenoxy) is 1. The quantitative estimate of drug-likeness (QED) is 0.543. The third-order valence-electron chi connectivity index (χ3n) is 5.21. The lowest BCUT2D eigenvalue weighted by molar-refractivity contribution is -0.109. The van der Waals surface area contributed by atoms with Crippen molar-refractivity contribution < 1.29 is 14.3 Å². The topological polar surface area (TPSA) is 96.5 Å². The summed E-state index contributed by atoms with van der Waals surface area (Å²) in [5.74, 6) is 3.07. The molecule has 2 unspecified atom stereocenters. The second kappa shape index (κ2) is 9.32. The van der Waals surface area contributed by atoms with Gasteiger partial charge in [-0.3, -0.25) is 14.6 Å². The Morgan fingerprint density at radius 3 is 2.90 bits per heavy atom. The maximum Gasteiger partial charge on any atom is 0.270 e. The van der Waals surface area contributed by atoms with Gasteiger partial charge >= 0.3 is 0 Å². The molecule has 4 heterocycles. The van der Waals surface area contributed by atoms with Gasteiger partial charge in [0.15, 0.2) is 0 Å². The molecule has 0 aliphatic carbocycles. The molecule has 4 rings (SSSR count). The highest BCUT2D eigenvalue weighted by Gasteiger charge is 2.20. The van der Waals surface area contributed by atoms with E-state index in [0.29, 0.717) is 37.7 Å². The number of nitrogens with one attached hydrogen (secondary N) is 2. The number of aromatic nitrogens is 2. The van der Waals surface area contributed by atoms with Crippen LogP contribution in [0.5, 0.6) is 5.75 Å². The third kappa shape index (κ3) is 4.83. The summed E-state index contributed by atoms with van der Waals surface area (Å²) in [6, 6.07) is 3.67. The van der Waals surface area contributed by atoms with Gasteiger partial charge in [0.05, 0.1) is 17.5 Å². The summed E-state index contributed by atoms with van der Waals surface area (Å²) in [6.07, 6.45) is 9.56. The molecular weight excluding hydrogens is 401 g/mol. The highest BCUT2D eigenvalue weighted by Crippen LogP contribution is 2.31. The van der Waals surface area contributed by atoms with E-state index in [-0.39, 0.29) is 17.7 Å². The minimum atomic E-state index is -0.178. The van der Waals surface area contributed by atoms with Crippen LogP contribution in [0.1, 0.15) is 23.3 Å². The first-order valence-corrected chi connectivity index (χ1v) is 11.0. The molecule has 2 aromatic rings. The van der Waals surface area contributed by atoms with E-state index in [4.69, 9.17) is 4.74 Å². The summed E-state index contributed by atoms with van der Waals surface area (Å²) in [6.45, 7) is 1.95. The standard InChI is InChI=1S/C21H24N5O3P/c1-26-8-5-14(6-9-26)25-21(28)17-10-16-18(11-23-17)22-7-4-19(16)29-15-2-3-20(24-13-27)30-12-15/h2-4,7,10-14,20,30H,5-6,8-9H2,1H3,(H,24,27)(H,25,28). The molecule has 9 heteroatoms. The van der Waals surface area contributed by atoms with Crippen molar-refractivity contribution in [1.29, 1.82) is 0 Å². The van der Waals surface area contributed by atoms with Crippen molar-refractivity contribution in [3.05, 3.63) is 53.9 Å². The van der Waals surface area contributed by atoms with E-state index >= 15 is 0 Å². The van der Waals surface area contributed by atoms with Gasteiger partial charge in [-0.2, -0.15) is 0 Å². The highest BCUT2D eigenvalue weighted by molar-refractivity contribution is 7.42. The lowest BCUT2D eigenvalue weighted by Gasteiger charge is -2.29. The van der Waals surface area contributed by atoms with Gasteiger partial charge in [-0.1, -0.05) is 14.7 Å². The fourth-order valence-corrected chi connectivity index (χ4v) is 4.35. The molecule has 0 bridgehead atoms. The van der Waals surface area contributed by atoms with Crippen LogP contribution in [0.2, 0.25) is 0 Å². The van der Waals surface area contributed by atoms with Crippen molar-refractivity contribution >= 4 is 31.8 Å². The predicted octanol–water partition coefficient (Wildman–Crippen LogP) is 1.99. The van der Waals surface area contributed by atoms with Crippen LogP contribution >= 0.6 is 8.58 Å². The summed E-state index contributed by atoms with van der Waals surface area (Å²) in [7, 11) is 2.48. The SMILES string of the molecule is CN1CCC(NC(=O)c2cc3c(OC4=CPC(NC=O)C=C4)ccnc3cn2)CC1. The minimum Gasteiger partial charge on any atom is -0.457 e. The zero-order valence-electron chi connectivity index (χ0n) is 16.7. The first-order chi connectivity index (χ1) is 14.6. The number of pyridine rings is 2. The molecule has 8 nitrogen and oxygen atoms in total. The summed E-state index contributed by atoms with van der Waals surface area (Å²) in [5.41, 5.74) is 1.01. The van der Waals surface area contributed by atoms with E-state index < -0.39 is 0 Å². The van der Waals surface area contributed by atoms with Gasteiger partial charge in [0.25, 0.3) is 5.91 Å². The molecule has 30 heavy (non-hydrogen) atoms. The largest absolute Gasteiger partial charge is 0.457 e. The molecular formula is C21H24N5O3P. The van der Waals surface area contributed by atoms with Crippen LogP contribution in [0.3, 0.4) is 0 Å². The number of nitrogens with zero attached hydrogens (tertiary/aromatic N) is 3. The summed E-state index contributed by atoms with van der Waals surface area (Å²) in [5, 5.41) is 6.55. The van der Waals surface area contributed by atoms with E-state index in [1.807, 2.05) is 18.0 Å². The van der Waals surface area contributed by atoms with Gasteiger partial charge in [0.1, 0.15) is 17.2 Å². The van der Waals surface area contributed by atoms with Gasteiger partial charge < -0.3 is 20.3 Å². The molecule has 0 spiro atoms. The van der Waals surface area contributed by atoms with Crippen LogP contribution in [-0.4, -0.2) is 59.1 Å². The van der Waals surface area contributed by atoms with Crippen LogP contribution in [0.25, 0.3) is 10.9 Å². The molecule has 2 aromatic heterocycles. The zero-order valence-corrected chi connectivity index (χ0v) is 17.7. The van der Waals surface area contributed by atoms with Crippen LogP contribution in [0, 0.1) is 0 Å². The fraction of sp³-hybridized carbons (Fsp3) is 0.333. The molecule has 0 aromatic carbocycles. The number of hydrogen-bond acceptors (Lipinski definition) is 6. The van der Waals surface area contributed by atoms with Crippen molar-refractivity contribution in [2.24, 2.45) is 0 Å². The maximum absolute atomic E-state index is 12.7. The van der Waals surface area contributed by atoms with Crippen molar-refractivity contribution in [2.45, 2.75) is 24.7 Å². The van der Waals surface area contributed by atoms with Crippen molar-refractivity contribution in [3.8, 4) is 5.75 Å². The number of rotatable bonds is 6. The maximum atomic E-state index is 12.7. The van der Waals surface area contributed by atoms with Gasteiger partial charge in [0, 0.05) is 17.6 Å². The first kappa shape index (κ1) is 20.4. The predicted molar refractivity (Wildman–Crippen MR) is 117 cm³/mol. The number of carbonyl (C=O) groups is 2. The van der Waals surface area contributed by atoms with E-state index in [9.17, 15) is 9.59 Å². The van der Waals surface area contributed by atoms with Crippen LogP contribution in [-0.2, 0) is 4.79 Å². The molecule has 0 radical (unpaired) electrons. The van der Waals surface area contributed by atoms with E-state index in [1.54, 1.807) is 24.5 Å².